The van der Waals surface area contributed by atoms with Crippen LogP contribution in [0.1, 0.15) is 54.4 Å². The van der Waals surface area contributed by atoms with E-state index in [4.69, 9.17) is 15.2 Å². The van der Waals surface area contributed by atoms with Crippen LogP contribution in [0.2, 0.25) is 0 Å². The number of hydrogen-bond donors (Lipinski definition) is 1. The lowest BCUT2D eigenvalue weighted by Gasteiger charge is -2.25. The van der Waals surface area contributed by atoms with Crippen LogP contribution in [-0.4, -0.2) is 29.4 Å². The normalized spacial score (nSPS) is 14.9. The number of carbonyl (C=O) groups is 2. The summed E-state index contributed by atoms with van der Waals surface area (Å²) in [4.78, 5) is 23.6. The number of nitrogens with two attached hydrogens (primary N) is 1. The summed E-state index contributed by atoms with van der Waals surface area (Å²) in [5.74, 6) is -2.41. The van der Waals surface area contributed by atoms with Gasteiger partial charge in [0.05, 0.1) is 6.42 Å². The molecule has 0 spiro atoms. The molecule has 0 aromatic heterocycles. The number of rotatable bonds is 6. The van der Waals surface area contributed by atoms with Crippen molar-refractivity contribution in [2.45, 2.75) is 71.9 Å². The molecule has 0 saturated heterocycles. The minimum atomic E-state index is -1.88. The Balaban J connectivity index is 4.67. The molecule has 0 bridgehead atoms. The number of alkyl halides is 1. The summed E-state index contributed by atoms with van der Waals surface area (Å²) in [5.41, 5.74) is 4.23. The van der Waals surface area contributed by atoms with Crippen LogP contribution < -0.4 is 5.73 Å². The molecule has 0 radical (unpaired) electrons. The SMILES string of the molecule is C=C(CC(=O)OC(C)(C)C)CC(C(=O)OC(C)(C)C)C(N)F. The Morgan fingerprint density at radius 3 is 1.91 bits per heavy atom. The number of ether oxygens (including phenoxy) is 2. The molecule has 0 aromatic carbocycles. The van der Waals surface area contributed by atoms with E-state index < -0.39 is 35.4 Å². The maximum atomic E-state index is 13.5. The molecule has 2 unspecified atom stereocenters. The van der Waals surface area contributed by atoms with Crippen molar-refractivity contribution in [2.75, 3.05) is 0 Å². The van der Waals surface area contributed by atoms with E-state index >= 15 is 0 Å². The van der Waals surface area contributed by atoms with Gasteiger partial charge in [0.15, 0.2) is 6.30 Å². The van der Waals surface area contributed by atoms with Gasteiger partial charge >= 0.3 is 11.9 Å². The zero-order valence-electron chi connectivity index (χ0n) is 14.4. The highest BCUT2D eigenvalue weighted by Gasteiger charge is 2.31. The summed E-state index contributed by atoms with van der Waals surface area (Å²) < 4.78 is 23.8. The summed E-state index contributed by atoms with van der Waals surface area (Å²) in [7, 11) is 0. The largest absolute Gasteiger partial charge is 0.460 e. The molecule has 0 aliphatic heterocycles. The highest BCUT2D eigenvalue weighted by Crippen LogP contribution is 2.22. The van der Waals surface area contributed by atoms with E-state index in [2.05, 4.69) is 6.58 Å². The lowest BCUT2D eigenvalue weighted by molar-refractivity contribution is -0.163. The molecule has 5 nitrogen and oxygen atoms in total. The maximum absolute atomic E-state index is 13.5. The molecule has 2 atom stereocenters. The Morgan fingerprint density at radius 2 is 1.55 bits per heavy atom. The molecule has 0 rings (SSSR count). The summed E-state index contributed by atoms with van der Waals surface area (Å²) >= 11 is 0. The summed E-state index contributed by atoms with van der Waals surface area (Å²) in [6.07, 6.45) is -2.04. The van der Waals surface area contributed by atoms with Gasteiger partial charge in [0, 0.05) is 0 Å². The topological polar surface area (TPSA) is 78.6 Å². The van der Waals surface area contributed by atoms with Crippen LogP contribution in [0.5, 0.6) is 0 Å². The Kier molecular flexibility index (Phi) is 7.22. The van der Waals surface area contributed by atoms with Gasteiger partial charge in [0.2, 0.25) is 0 Å². The minimum absolute atomic E-state index is 0.0637. The molecular formula is C16H28FNO4. The fourth-order valence-electron chi connectivity index (χ4n) is 1.67. The first-order chi connectivity index (χ1) is 9.71. The molecule has 0 saturated carbocycles. The molecule has 22 heavy (non-hydrogen) atoms. The second-order valence-electron chi connectivity index (χ2n) is 7.30. The van der Waals surface area contributed by atoms with Gasteiger partial charge in [0.1, 0.15) is 17.1 Å². The Bertz CT molecular complexity index is 419. The van der Waals surface area contributed by atoms with Crippen LogP contribution >= 0.6 is 0 Å². The van der Waals surface area contributed by atoms with Gasteiger partial charge in [-0.3, -0.25) is 9.59 Å². The number of hydrogen-bond acceptors (Lipinski definition) is 5. The van der Waals surface area contributed by atoms with Crippen LogP contribution in [0.25, 0.3) is 0 Å². The van der Waals surface area contributed by atoms with Crippen molar-refractivity contribution in [1.82, 2.24) is 0 Å². The van der Waals surface area contributed by atoms with Crippen molar-refractivity contribution in [1.29, 1.82) is 0 Å². The second kappa shape index (κ2) is 7.72. The van der Waals surface area contributed by atoms with Gasteiger partial charge in [0.25, 0.3) is 0 Å². The number of esters is 2. The van der Waals surface area contributed by atoms with E-state index in [1.165, 1.54) is 0 Å². The fraction of sp³-hybridized carbons (Fsp3) is 0.750. The monoisotopic (exact) mass is 317 g/mol. The van der Waals surface area contributed by atoms with Crippen molar-refractivity contribution < 1.29 is 23.5 Å². The molecule has 0 fully saturated rings. The average Bonchev–Trinajstić information content (AvgIpc) is 2.19. The summed E-state index contributed by atoms with van der Waals surface area (Å²) in [6.45, 7) is 14.0. The standard InChI is InChI=1S/C16H28FNO4/c1-10(9-12(19)21-15(2,3)4)8-11(13(17)18)14(20)22-16(5,6)7/h11,13H,1,8-9,18H2,2-7H3. The average molecular weight is 317 g/mol. The zero-order chi connectivity index (χ0) is 17.7. The minimum Gasteiger partial charge on any atom is -0.460 e. The molecule has 6 heteroatoms. The van der Waals surface area contributed by atoms with Gasteiger partial charge in [-0.15, -0.1) is 0 Å². The molecule has 0 aromatic rings. The summed E-state index contributed by atoms with van der Waals surface area (Å²) in [6, 6.07) is 0. The van der Waals surface area contributed by atoms with Gasteiger partial charge in [-0.2, -0.15) is 0 Å². The van der Waals surface area contributed by atoms with Gasteiger partial charge in [-0.25, -0.2) is 4.39 Å². The third-order valence-corrected chi connectivity index (χ3v) is 2.42. The van der Waals surface area contributed by atoms with Crippen LogP contribution in [0, 0.1) is 5.92 Å². The number of carbonyl (C=O) groups excluding carboxylic acids is 2. The number of halogens is 1. The third-order valence-electron chi connectivity index (χ3n) is 2.42. The lowest BCUT2D eigenvalue weighted by atomic mass is 9.97. The zero-order valence-corrected chi connectivity index (χ0v) is 14.4. The van der Waals surface area contributed by atoms with Gasteiger partial charge in [-0.05, 0) is 48.0 Å². The van der Waals surface area contributed by atoms with E-state index in [0.29, 0.717) is 5.57 Å². The van der Waals surface area contributed by atoms with Crippen LogP contribution in [0.4, 0.5) is 4.39 Å². The van der Waals surface area contributed by atoms with E-state index in [0.717, 1.165) is 0 Å². The molecule has 0 aliphatic carbocycles. The quantitative estimate of drug-likeness (QED) is 0.463. The van der Waals surface area contributed by atoms with Crippen molar-refractivity contribution >= 4 is 11.9 Å². The maximum Gasteiger partial charge on any atom is 0.314 e. The van der Waals surface area contributed by atoms with Gasteiger partial charge < -0.3 is 15.2 Å². The first-order valence-electron chi connectivity index (χ1n) is 7.22. The molecule has 0 aliphatic rings. The highest BCUT2D eigenvalue weighted by molar-refractivity contribution is 5.75. The molecule has 0 amide bonds. The smallest absolute Gasteiger partial charge is 0.314 e. The first-order valence-corrected chi connectivity index (χ1v) is 7.22. The Hall–Kier alpha value is -1.43. The first kappa shape index (κ1) is 20.6. The Labute approximate surface area is 132 Å². The predicted octanol–water partition coefficient (Wildman–Crippen LogP) is 2.88. The summed E-state index contributed by atoms with van der Waals surface area (Å²) in [5, 5.41) is 0. The van der Waals surface area contributed by atoms with Crippen LogP contribution in [0.3, 0.4) is 0 Å². The van der Waals surface area contributed by atoms with Gasteiger partial charge in [-0.1, -0.05) is 12.2 Å². The third kappa shape index (κ3) is 9.50. The lowest BCUT2D eigenvalue weighted by Crippen LogP contribution is -2.37. The molecule has 2 N–H and O–H groups in total. The van der Waals surface area contributed by atoms with Crippen molar-refractivity contribution in [3.8, 4) is 0 Å². The second-order valence-corrected chi connectivity index (χ2v) is 7.30. The van der Waals surface area contributed by atoms with Crippen LogP contribution in [0.15, 0.2) is 12.2 Å². The Morgan fingerprint density at radius 1 is 1.09 bits per heavy atom. The van der Waals surface area contributed by atoms with E-state index in [1.54, 1.807) is 41.5 Å². The van der Waals surface area contributed by atoms with E-state index in [1.807, 2.05) is 0 Å². The highest BCUT2D eigenvalue weighted by atomic mass is 19.1. The molecule has 0 heterocycles. The van der Waals surface area contributed by atoms with Crippen molar-refractivity contribution in [3.05, 3.63) is 12.2 Å². The van der Waals surface area contributed by atoms with Crippen molar-refractivity contribution in [3.63, 3.8) is 0 Å². The molecular weight excluding hydrogens is 289 g/mol. The molecule has 128 valence electrons. The van der Waals surface area contributed by atoms with E-state index in [9.17, 15) is 14.0 Å². The fourth-order valence-corrected chi connectivity index (χ4v) is 1.67. The van der Waals surface area contributed by atoms with Crippen LogP contribution in [-0.2, 0) is 19.1 Å². The predicted molar refractivity (Wildman–Crippen MR) is 82.6 cm³/mol. The van der Waals surface area contributed by atoms with E-state index in [-0.39, 0.29) is 12.8 Å². The van der Waals surface area contributed by atoms with Crippen molar-refractivity contribution in [2.24, 2.45) is 11.7 Å².